The average molecular weight is 164 g/mol. The molecule has 2 aliphatic heterocycles. The van der Waals surface area contributed by atoms with E-state index < -0.39 is 0 Å². The maximum Gasteiger partial charge on any atom is 0.149 e. The molecule has 2 aliphatic rings. The standard InChI is InChI=1S/C8H12N4/c1-5-6(2)12-8(11-5)7-9-3-4-10-7/h3-4,9-12H,1-2H3. The van der Waals surface area contributed by atoms with Gasteiger partial charge < -0.3 is 21.3 Å². The van der Waals surface area contributed by atoms with E-state index in [1.807, 2.05) is 26.2 Å². The molecule has 4 N–H and O–H groups in total. The third-order valence-electron chi connectivity index (χ3n) is 1.98. The summed E-state index contributed by atoms with van der Waals surface area (Å²) in [5.41, 5.74) is 2.32. The van der Waals surface area contributed by atoms with E-state index in [-0.39, 0.29) is 0 Å². The van der Waals surface area contributed by atoms with E-state index in [1.54, 1.807) is 0 Å². The topological polar surface area (TPSA) is 48.1 Å². The molecular formula is C8H12N4. The fourth-order valence-corrected chi connectivity index (χ4v) is 1.15. The monoisotopic (exact) mass is 164 g/mol. The normalized spacial score (nSPS) is 20.5. The number of allylic oxidation sites excluding steroid dienone is 2. The molecule has 0 bridgehead atoms. The maximum absolute atomic E-state index is 3.23. The molecule has 4 heteroatoms. The van der Waals surface area contributed by atoms with Gasteiger partial charge >= 0.3 is 0 Å². The first-order valence-corrected chi connectivity index (χ1v) is 3.91. The van der Waals surface area contributed by atoms with E-state index in [9.17, 15) is 0 Å². The number of hydrogen-bond donors (Lipinski definition) is 4. The van der Waals surface area contributed by atoms with Crippen molar-refractivity contribution in [1.82, 2.24) is 21.3 Å². The van der Waals surface area contributed by atoms with E-state index in [0.29, 0.717) is 0 Å². The Hall–Kier alpha value is -1.58. The molecule has 0 aromatic carbocycles. The molecule has 0 saturated heterocycles. The molecule has 0 saturated carbocycles. The summed E-state index contributed by atoms with van der Waals surface area (Å²) in [6.07, 6.45) is 3.71. The third kappa shape index (κ3) is 1.01. The molecular weight excluding hydrogens is 152 g/mol. The van der Waals surface area contributed by atoms with Gasteiger partial charge in [-0.1, -0.05) is 0 Å². The Morgan fingerprint density at radius 3 is 1.83 bits per heavy atom. The first-order valence-electron chi connectivity index (χ1n) is 3.91. The molecule has 4 nitrogen and oxygen atoms in total. The highest BCUT2D eigenvalue weighted by molar-refractivity contribution is 5.29. The van der Waals surface area contributed by atoms with Gasteiger partial charge in [-0.3, -0.25) is 0 Å². The van der Waals surface area contributed by atoms with Crippen LogP contribution in [0.1, 0.15) is 13.8 Å². The molecule has 0 amide bonds. The smallest absolute Gasteiger partial charge is 0.149 e. The van der Waals surface area contributed by atoms with Crippen molar-refractivity contribution in [2.45, 2.75) is 13.8 Å². The van der Waals surface area contributed by atoms with E-state index in [4.69, 9.17) is 0 Å². The van der Waals surface area contributed by atoms with Crippen molar-refractivity contribution in [1.29, 1.82) is 0 Å². The lowest BCUT2D eigenvalue weighted by atomic mass is 10.4. The molecule has 0 aromatic rings. The zero-order valence-electron chi connectivity index (χ0n) is 7.15. The van der Waals surface area contributed by atoms with Gasteiger partial charge in [-0.25, -0.2) is 0 Å². The SMILES string of the molecule is CC1=C(C)NC(=C2NC=CN2)N1. The summed E-state index contributed by atoms with van der Waals surface area (Å²) < 4.78 is 0. The fraction of sp³-hybridized carbons (Fsp3) is 0.250. The lowest BCUT2D eigenvalue weighted by molar-refractivity contribution is 0.832. The van der Waals surface area contributed by atoms with Crippen LogP contribution in [0.2, 0.25) is 0 Å². The van der Waals surface area contributed by atoms with Crippen molar-refractivity contribution >= 4 is 0 Å². The van der Waals surface area contributed by atoms with Gasteiger partial charge in [0.2, 0.25) is 0 Å². The van der Waals surface area contributed by atoms with Gasteiger partial charge in [0.25, 0.3) is 0 Å². The number of rotatable bonds is 0. The van der Waals surface area contributed by atoms with Crippen LogP contribution in [0.4, 0.5) is 0 Å². The number of hydrogen-bond acceptors (Lipinski definition) is 4. The second kappa shape index (κ2) is 2.48. The van der Waals surface area contributed by atoms with Crippen LogP contribution in [0.25, 0.3) is 0 Å². The van der Waals surface area contributed by atoms with E-state index in [1.165, 1.54) is 0 Å². The molecule has 2 heterocycles. The fourth-order valence-electron chi connectivity index (χ4n) is 1.15. The summed E-state index contributed by atoms with van der Waals surface area (Å²) in [5.74, 6) is 1.95. The molecule has 0 radical (unpaired) electrons. The second-order valence-corrected chi connectivity index (χ2v) is 2.87. The zero-order chi connectivity index (χ0) is 8.55. The summed E-state index contributed by atoms with van der Waals surface area (Å²) in [4.78, 5) is 0. The van der Waals surface area contributed by atoms with Crippen LogP contribution < -0.4 is 21.3 Å². The minimum atomic E-state index is 0.964. The van der Waals surface area contributed by atoms with Gasteiger partial charge in [-0.05, 0) is 13.8 Å². The molecule has 0 fully saturated rings. The highest BCUT2D eigenvalue weighted by atomic mass is 15.2. The van der Waals surface area contributed by atoms with Crippen LogP contribution in [-0.4, -0.2) is 0 Å². The maximum atomic E-state index is 3.23. The zero-order valence-corrected chi connectivity index (χ0v) is 7.15. The number of nitrogens with one attached hydrogen (secondary N) is 4. The Morgan fingerprint density at radius 1 is 0.833 bits per heavy atom. The van der Waals surface area contributed by atoms with Crippen molar-refractivity contribution < 1.29 is 0 Å². The van der Waals surface area contributed by atoms with Gasteiger partial charge in [0.15, 0.2) is 0 Å². The van der Waals surface area contributed by atoms with Gasteiger partial charge in [-0.2, -0.15) is 0 Å². The molecule has 0 spiro atoms. The predicted molar refractivity (Wildman–Crippen MR) is 47.1 cm³/mol. The van der Waals surface area contributed by atoms with Crippen molar-refractivity contribution in [2.75, 3.05) is 0 Å². The minimum Gasteiger partial charge on any atom is -0.344 e. The van der Waals surface area contributed by atoms with Crippen molar-refractivity contribution in [3.63, 3.8) is 0 Å². The summed E-state index contributed by atoms with van der Waals surface area (Å²) in [5, 5.41) is 12.6. The largest absolute Gasteiger partial charge is 0.344 e. The lowest BCUT2D eigenvalue weighted by Crippen LogP contribution is -2.24. The summed E-state index contributed by atoms with van der Waals surface area (Å²) in [6, 6.07) is 0. The third-order valence-corrected chi connectivity index (χ3v) is 1.98. The first-order chi connectivity index (χ1) is 5.77. The Kier molecular flexibility index (Phi) is 1.46. The minimum absolute atomic E-state index is 0.964. The Morgan fingerprint density at radius 2 is 1.33 bits per heavy atom. The van der Waals surface area contributed by atoms with Gasteiger partial charge in [-0.15, -0.1) is 0 Å². The highest BCUT2D eigenvalue weighted by Gasteiger charge is 2.15. The van der Waals surface area contributed by atoms with E-state index in [2.05, 4.69) is 21.3 Å². The molecule has 0 aliphatic carbocycles. The Bertz CT molecular complexity index is 272. The molecule has 0 atom stereocenters. The van der Waals surface area contributed by atoms with Crippen LogP contribution in [-0.2, 0) is 0 Å². The molecule has 2 rings (SSSR count). The van der Waals surface area contributed by atoms with Crippen LogP contribution in [0, 0.1) is 0 Å². The molecule has 64 valence electrons. The highest BCUT2D eigenvalue weighted by Crippen LogP contribution is 2.10. The Balaban J connectivity index is 2.16. The lowest BCUT2D eigenvalue weighted by Gasteiger charge is -2.06. The Labute approximate surface area is 71.4 Å². The van der Waals surface area contributed by atoms with Crippen molar-refractivity contribution in [2.24, 2.45) is 0 Å². The van der Waals surface area contributed by atoms with Gasteiger partial charge in [0.05, 0.1) is 0 Å². The quantitative estimate of drug-likeness (QED) is 0.414. The van der Waals surface area contributed by atoms with E-state index in [0.717, 1.165) is 23.0 Å². The van der Waals surface area contributed by atoms with Crippen LogP contribution in [0.15, 0.2) is 35.4 Å². The summed E-state index contributed by atoms with van der Waals surface area (Å²) >= 11 is 0. The molecule has 0 aromatic heterocycles. The second-order valence-electron chi connectivity index (χ2n) is 2.87. The average Bonchev–Trinajstić information content (AvgIpc) is 2.61. The summed E-state index contributed by atoms with van der Waals surface area (Å²) in [7, 11) is 0. The van der Waals surface area contributed by atoms with Crippen LogP contribution in [0.5, 0.6) is 0 Å². The van der Waals surface area contributed by atoms with Crippen molar-refractivity contribution in [3.05, 3.63) is 35.4 Å². The molecule has 0 unspecified atom stereocenters. The van der Waals surface area contributed by atoms with Crippen LogP contribution >= 0.6 is 0 Å². The van der Waals surface area contributed by atoms with E-state index >= 15 is 0 Å². The predicted octanol–water partition coefficient (Wildman–Crippen LogP) is 0.221. The van der Waals surface area contributed by atoms with Gasteiger partial charge in [0, 0.05) is 23.8 Å². The first kappa shape index (κ1) is 7.09. The molecule has 12 heavy (non-hydrogen) atoms. The van der Waals surface area contributed by atoms with Crippen molar-refractivity contribution in [3.8, 4) is 0 Å². The van der Waals surface area contributed by atoms with Gasteiger partial charge in [0.1, 0.15) is 11.6 Å². The summed E-state index contributed by atoms with van der Waals surface area (Å²) in [6.45, 7) is 4.08. The van der Waals surface area contributed by atoms with Crippen LogP contribution in [0.3, 0.4) is 0 Å².